The number of thiol groups is 1. The van der Waals surface area contributed by atoms with Crippen LogP contribution in [-0.2, 0) is 32.6 Å². The zero-order valence-corrected chi connectivity index (χ0v) is 27.3. The van der Waals surface area contributed by atoms with Crippen molar-refractivity contribution in [3.05, 3.63) is 52.0 Å². The number of H-pyrrole nitrogens is 1. The maximum absolute atomic E-state index is 12.4. The van der Waals surface area contributed by atoms with Crippen molar-refractivity contribution in [3.63, 3.8) is 0 Å². The van der Waals surface area contributed by atoms with Crippen molar-refractivity contribution in [3.8, 4) is 0 Å². The van der Waals surface area contributed by atoms with Gasteiger partial charge in [-0.1, -0.05) is 46.8 Å². The van der Waals surface area contributed by atoms with Crippen LogP contribution in [0.2, 0.25) is 0 Å². The third kappa shape index (κ3) is 5.82. The number of aliphatic hydroxyl groups is 2. The van der Waals surface area contributed by atoms with E-state index in [2.05, 4.69) is 48.0 Å². The predicted octanol–water partition coefficient (Wildman–Crippen LogP) is 2.76. The van der Waals surface area contributed by atoms with Crippen LogP contribution in [0.3, 0.4) is 0 Å². The molecule has 12 heteroatoms. The molecule has 7 N–H and O–H groups in total. The van der Waals surface area contributed by atoms with E-state index >= 15 is 0 Å². The second kappa shape index (κ2) is 12.5. The van der Waals surface area contributed by atoms with Crippen LogP contribution in [0.5, 0.6) is 0 Å². The topological polar surface area (TPSA) is 184 Å². The van der Waals surface area contributed by atoms with Gasteiger partial charge >= 0.3 is 11.9 Å². The van der Waals surface area contributed by atoms with E-state index in [0.717, 1.165) is 17.7 Å². The van der Waals surface area contributed by atoms with Crippen LogP contribution in [0.4, 0.5) is 0 Å². The van der Waals surface area contributed by atoms with Gasteiger partial charge in [0.1, 0.15) is 12.3 Å². The summed E-state index contributed by atoms with van der Waals surface area (Å²) in [6, 6.07) is 0.104. The molecule has 4 unspecified atom stereocenters. The Labute approximate surface area is 267 Å². The van der Waals surface area contributed by atoms with Crippen LogP contribution in [0, 0.1) is 30.6 Å². The number of aromatic nitrogens is 1. The smallest absolute Gasteiger partial charge is 0.307 e. The molecule has 1 spiro atoms. The summed E-state index contributed by atoms with van der Waals surface area (Å²) < 4.78 is 0. The van der Waals surface area contributed by atoms with Crippen molar-refractivity contribution in [2.24, 2.45) is 28.7 Å². The number of allylic oxidation sites excluding steroid dienone is 1. The number of carboxylic acids is 2. The summed E-state index contributed by atoms with van der Waals surface area (Å²) in [5.41, 5.74) is 4.67. The molecule has 244 valence electrons. The minimum Gasteiger partial charge on any atom is -0.481 e. The van der Waals surface area contributed by atoms with E-state index in [-0.39, 0.29) is 58.9 Å². The number of carboxylic acid groups (broad SMARTS) is 2. The quantitative estimate of drug-likeness (QED) is 0.108. The van der Waals surface area contributed by atoms with Gasteiger partial charge in [0.15, 0.2) is 0 Å². The Kier molecular flexibility index (Phi) is 9.25. The lowest BCUT2D eigenvalue weighted by Gasteiger charge is -2.18. The highest BCUT2D eigenvalue weighted by Crippen LogP contribution is 2.55. The number of nitrogens with one attached hydrogen (secondary N) is 3. The molecular formula is C33H45N4O7S+. The van der Waals surface area contributed by atoms with Gasteiger partial charge in [-0.25, -0.2) is 4.99 Å². The second-order valence-corrected chi connectivity index (χ2v) is 14.4. The number of nitrogens with zero attached hydrogens (tertiary/aromatic N) is 1. The maximum atomic E-state index is 12.4. The van der Waals surface area contributed by atoms with Gasteiger partial charge in [0, 0.05) is 29.6 Å². The third-order valence-corrected chi connectivity index (χ3v) is 12.3. The number of hydrogen-bond donors (Lipinski definition) is 7. The molecule has 1 amide bonds. The van der Waals surface area contributed by atoms with Crippen molar-refractivity contribution < 1.29 is 34.8 Å². The molecule has 5 rings (SSSR count). The van der Waals surface area contributed by atoms with E-state index in [9.17, 15) is 34.8 Å². The molecule has 0 aliphatic carbocycles. The number of aliphatic hydroxyl groups excluding tert-OH is 2. The monoisotopic (exact) mass is 641 g/mol. The van der Waals surface area contributed by atoms with Gasteiger partial charge in [-0.15, -0.1) is 0 Å². The van der Waals surface area contributed by atoms with Crippen LogP contribution in [-0.4, -0.2) is 71.4 Å². The van der Waals surface area contributed by atoms with Crippen molar-refractivity contribution in [1.29, 1.82) is 0 Å². The average molecular weight is 642 g/mol. The first kappa shape index (κ1) is 33.2. The number of aromatic amines is 1. The standard InChI is InChI=1S/C33H44N4O7S/c1-7-18-16(5)31(43)36-28(18)30-33(45-30)17(6)21(10-12-25(40)41)23(37-33)13-22-20(9-11-24(38)39)15(4)26(34-22)29(42)27-14(3)19(8-2)32(44)35-27/h10,13,16-19,28-31,34,36-37,42-43H,3,7-9,11-12H2,1-2,4-6H3,(H,38,39)(H,40,41)/p+1/b21-10+,23-13-/t16-,17?,18-,19?,28?,29-,30-,31?,33+/m1/s1. The van der Waals surface area contributed by atoms with Crippen molar-refractivity contribution >= 4 is 41.4 Å². The Bertz CT molecular complexity index is 1510. The largest absolute Gasteiger partial charge is 0.481 e. The van der Waals surface area contributed by atoms with E-state index in [1.807, 2.05) is 13.0 Å². The number of aliphatic carboxylic acids is 2. The first-order valence-corrected chi connectivity index (χ1v) is 16.7. The average Bonchev–Trinajstić information content (AvgIpc) is 3.21. The molecular weight excluding hydrogens is 596 g/mol. The van der Waals surface area contributed by atoms with E-state index in [1.165, 1.54) is 11.8 Å². The molecule has 4 aliphatic rings. The molecule has 3 saturated heterocycles. The fourth-order valence-electron chi connectivity index (χ4n) is 7.64. The SMILES string of the molecule is C=C1C([C@H](O)c2[nH]c(/C=C3\N[C@]4([SH+][C@@H]4C4NC(O)[C@H](C)[C@H]4CC)C(C)\C3=C/CC(=O)O)c(CCC(=O)O)c2C)=NC(=O)C1CC. The lowest BCUT2D eigenvalue weighted by Crippen LogP contribution is -2.43. The summed E-state index contributed by atoms with van der Waals surface area (Å²) in [4.78, 5) is 42.7. The Morgan fingerprint density at radius 2 is 1.89 bits per heavy atom. The van der Waals surface area contributed by atoms with Crippen LogP contribution in [0.25, 0.3) is 6.08 Å². The zero-order chi connectivity index (χ0) is 33.0. The van der Waals surface area contributed by atoms with Gasteiger partial charge in [-0.05, 0) is 60.0 Å². The highest BCUT2D eigenvalue weighted by Gasteiger charge is 2.78. The molecule has 1 aromatic rings. The number of aliphatic imine (C=N–C) groups is 1. The molecule has 0 bridgehead atoms. The van der Waals surface area contributed by atoms with E-state index in [4.69, 9.17) is 0 Å². The number of hydrogen-bond acceptors (Lipinski definition) is 7. The third-order valence-electron chi connectivity index (χ3n) is 10.4. The van der Waals surface area contributed by atoms with E-state index in [0.29, 0.717) is 40.4 Å². The molecule has 0 radical (unpaired) electrons. The number of carbonyl (C=O) groups is 3. The number of rotatable bonds is 11. The first-order valence-electron chi connectivity index (χ1n) is 15.8. The van der Waals surface area contributed by atoms with Gasteiger partial charge < -0.3 is 30.7 Å². The van der Waals surface area contributed by atoms with Crippen LogP contribution in [0.1, 0.15) is 82.0 Å². The number of carbonyl (C=O) groups excluding carboxylic acids is 1. The predicted molar refractivity (Wildman–Crippen MR) is 174 cm³/mol. The molecule has 3 fully saturated rings. The fraction of sp³-hybridized carbons (Fsp3) is 0.576. The first-order chi connectivity index (χ1) is 21.2. The lowest BCUT2D eigenvalue weighted by molar-refractivity contribution is -0.137. The van der Waals surface area contributed by atoms with Crippen molar-refractivity contribution in [2.75, 3.05) is 0 Å². The van der Waals surface area contributed by atoms with Crippen molar-refractivity contribution in [1.82, 2.24) is 15.6 Å². The Morgan fingerprint density at radius 3 is 2.49 bits per heavy atom. The zero-order valence-electron chi connectivity index (χ0n) is 26.4. The molecule has 45 heavy (non-hydrogen) atoms. The number of amides is 1. The summed E-state index contributed by atoms with van der Waals surface area (Å²) in [6.07, 6.45) is 3.15. The van der Waals surface area contributed by atoms with E-state index in [1.54, 1.807) is 13.0 Å². The molecule has 4 aliphatic heterocycles. The van der Waals surface area contributed by atoms with Gasteiger partial charge in [0.25, 0.3) is 10.8 Å². The van der Waals surface area contributed by atoms with Crippen molar-refractivity contribution in [2.45, 2.75) is 95.2 Å². The Morgan fingerprint density at radius 1 is 1.18 bits per heavy atom. The Balaban J connectivity index is 1.54. The molecule has 0 aromatic carbocycles. The molecule has 11 nitrogen and oxygen atoms in total. The minimum atomic E-state index is -1.25. The summed E-state index contributed by atoms with van der Waals surface area (Å²) in [7, 11) is 0. The van der Waals surface area contributed by atoms with Gasteiger partial charge in [-0.2, -0.15) is 0 Å². The summed E-state index contributed by atoms with van der Waals surface area (Å²) in [5.74, 6) is -2.32. The molecule has 5 heterocycles. The van der Waals surface area contributed by atoms with Gasteiger partial charge in [-0.3, -0.25) is 19.7 Å². The normalized spacial score (nSPS) is 35.0. The summed E-state index contributed by atoms with van der Waals surface area (Å²) in [5, 5.41) is 48.4. The van der Waals surface area contributed by atoms with Crippen LogP contribution in [0.15, 0.2) is 34.5 Å². The minimum absolute atomic E-state index is 0.0288. The highest BCUT2D eigenvalue weighted by atomic mass is 32.2. The molecule has 0 saturated carbocycles. The maximum Gasteiger partial charge on any atom is 0.307 e. The van der Waals surface area contributed by atoms with Gasteiger partial charge in [0.05, 0.1) is 35.7 Å². The van der Waals surface area contributed by atoms with E-state index < -0.39 is 30.2 Å². The van der Waals surface area contributed by atoms with Crippen LogP contribution < -0.4 is 10.6 Å². The molecule has 9 atom stereocenters. The fourth-order valence-corrected chi connectivity index (χ4v) is 9.49. The summed E-state index contributed by atoms with van der Waals surface area (Å²) >= 11 is 1.17. The molecule has 1 aromatic heterocycles. The van der Waals surface area contributed by atoms with Gasteiger partial charge in [0.2, 0.25) is 5.25 Å². The second-order valence-electron chi connectivity index (χ2n) is 12.8. The lowest BCUT2D eigenvalue weighted by atomic mass is 9.83. The van der Waals surface area contributed by atoms with Crippen LogP contribution >= 0.6 is 0 Å². The Hall–Kier alpha value is -3.19. The highest BCUT2D eigenvalue weighted by molar-refractivity contribution is 7.88. The summed E-state index contributed by atoms with van der Waals surface area (Å²) in [6.45, 7) is 14.0.